The van der Waals surface area contributed by atoms with Gasteiger partial charge in [0, 0.05) is 24.0 Å². The van der Waals surface area contributed by atoms with E-state index in [1.807, 2.05) is 76.3 Å². The average molecular weight is 384 g/mol. The Morgan fingerprint density at radius 1 is 0.931 bits per heavy atom. The largest absolute Gasteiger partial charge is 0.415 e. The SMILES string of the molecule is O=C(Cn1cccc1-c1nnc(-c2ccccc2)o1)N1CCCc2ccccc21. The minimum Gasteiger partial charge on any atom is -0.415 e. The van der Waals surface area contributed by atoms with Crippen molar-refractivity contribution in [3.05, 3.63) is 78.5 Å². The van der Waals surface area contributed by atoms with Crippen LogP contribution in [0.15, 0.2) is 77.3 Å². The van der Waals surface area contributed by atoms with E-state index < -0.39 is 0 Å². The van der Waals surface area contributed by atoms with Crippen LogP contribution in [0.2, 0.25) is 0 Å². The van der Waals surface area contributed by atoms with Crippen LogP contribution in [-0.4, -0.2) is 27.2 Å². The maximum Gasteiger partial charge on any atom is 0.264 e. The predicted octanol–water partition coefficient (Wildman–Crippen LogP) is 4.18. The molecule has 0 N–H and O–H groups in total. The topological polar surface area (TPSA) is 64.2 Å². The molecule has 0 bridgehead atoms. The second kappa shape index (κ2) is 7.39. The number of carbonyl (C=O) groups excluding carboxylic acids is 1. The molecule has 1 aliphatic heterocycles. The van der Waals surface area contributed by atoms with Gasteiger partial charge in [0.1, 0.15) is 12.2 Å². The van der Waals surface area contributed by atoms with E-state index in [0.717, 1.165) is 36.3 Å². The third-order valence-electron chi connectivity index (χ3n) is 5.21. The normalized spacial score (nSPS) is 13.3. The Bertz CT molecular complexity index is 1150. The first-order valence-corrected chi connectivity index (χ1v) is 9.72. The molecule has 0 spiro atoms. The Labute approximate surface area is 168 Å². The molecule has 0 radical (unpaired) electrons. The quantitative estimate of drug-likeness (QED) is 0.529. The zero-order valence-corrected chi connectivity index (χ0v) is 15.9. The van der Waals surface area contributed by atoms with Crippen molar-refractivity contribution >= 4 is 11.6 Å². The van der Waals surface area contributed by atoms with Gasteiger partial charge >= 0.3 is 0 Å². The van der Waals surface area contributed by atoms with Crippen LogP contribution in [0.5, 0.6) is 0 Å². The highest BCUT2D eigenvalue weighted by atomic mass is 16.4. The van der Waals surface area contributed by atoms with Gasteiger partial charge in [-0.05, 0) is 48.7 Å². The first kappa shape index (κ1) is 17.4. The van der Waals surface area contributed by atoms with Gasteiger partial charge in [-0.15, -0.1) is 10.2 Å². The van der Waals surface area contributed by atoms with Crippen molar-refractivity contribution in [3.63, 3.8) is 0 Å². The van der Waals surface area contributed by atoms with Crippen molar-refractivity contribution < 1.29 is 9.21 Å². The zero-order valence-electron chi connectivity index (χ0n) is 15.9. The first-order valence-electron chi connectivity index (χ1n) is 9.72. The van der Waals surface area contributed by atoms with Crippen molar-refractivity contribution in [2.45, 2.75) is 19.4 Å². The van der Waals surface area contributed by atoms with Crippen LogP contribution in [-0.2, 0) is 17.8 Å². The zero-order chi connectivity index (χ0) is 19.6. The molecule has 0 fully saturated rings. The lowest BCUT2D eigenvalue weighted by molar-refractivity contribution is -0.119. The highest BCUT2D eigenvalue weighted by molar-refractivity contribution is 5.94. The van der Waals surface area contributed by atoms with E-state index in [1.54, 1.807) is 0 Å². The number of rotatable bonds is 4. The molecule has 0 saturated heterocycles. The number of hydrogen-bond acceptors (Lipinski definition) is 4. The summed E-state index contributed by atoms with van der Waals surface area (Å²) in [5.41, 5.74) is 3.84. The third kappa shape index (κ3) is 3.33. The maximum atomic E-state index is 13.1. The number of fused-ring (bicyclic) bond motifs is 1. The Morgan fingerprint density at radius 3 is 2.62 bits per heavy atom. The number of para-hydroxylation sites is 1. The number of aromatic nitrogens is 3. The van der Waals surface area contributed by atoms with Gasteiger partial charge in [0.2, 0.25) is 11.8 Å². The Balaban J connectivity index is 1.39. The number of anilines is 1. The fourth-order valence-corrected chi connectivity index (χ4v) is 3.79. The number of amides is 1. The smallest absolute Gasteiger partial charge is 0.264 e. The minimum atomic E-state index is 0.0531. The molecule has 2 aromatic heterocycles. The number of carbonyl (C=O) groups is 1. The van der Waals surface area contributed by atoms with Crippen molar-refractivity contribution in [3.8, 4) is 23.0 Å². The van der Waals surface area contributed by atoms with Gasteiger partial charge < -0.3 is 13.9 Å². The monoisotopic (exact) mass is 384 g/mol. The van der Waals surface area contributed by atoms with Gasteiger partial charge in [-0.25, -0.2) is 0 Å². The van der Waals surface area contributed by atoms with Crippen molar-refractivity contribution in [1.29, 1.82) is 0 Å². The summed E-state index contributed by atoms with van der Waals surface area (Å²) in [4.78, 5) is 15.0. The summed E-state index contributed by atoms with van der Waals surface area (Å²) in [6.07, 6.45) is 3.86. The molecule has 29 heavy (non-hydrogen) atoms. The molecule has 0 unspecified atom stereocenters. The summed E-state index contributed by atoms with van der Waals surface area (Å²) >= 11 is 0. The van der Waals surface area contributed by atoms with Crippen molar-refractivity contribution in [2.24, 2.45) is 0 Å². The molecule has 4 aromatic rings. The molecule has 1 amide bonds. The fraction of sp³-hybridized carbons (Fsp3) is 0.174. The van der Waals surface area contributed by atoms with Crippen LogP contribution in [0.25, 0.3) is 23.0 Å². The summed E-state index contributed by atoms with van der Waals surface area (Å²) in [5.74, 6) is 0.919. The molecule has 2 aromatic carbocycles. The van der Waals surface area contributed by atoms with Gasteiger partial charge in [-0.1, -0.05) is 36.4 Å². The van der Waals surface area contributed by atoms with Crippen LogP contribution in [0.4, 0.5) is 5.69 Å². The summed E-state index contributed by atoms with van der Waals surface area (Å²) in [6, 6.07) is 21.5. The lowest BCUT2D eigenvalue weighted by atomic mass is 10.0. The second-order valence-electron chi connectivity index (χ2n) is 7.08. The van der Waals surface area contributed by atoms with E-state index in [-0.39, 0.29) is 12.5 Å². The van der Waals surface area contributed by atoms with Gasteiger partial charge in [0.15, 0.2) is 0 Å². The summed E-state index contributed by atoms with van der Waals surface area (Å²) in [7, 11) is 0. The first-order chi connectivity index (χ1) is 14.3. The van der Waals surface area contributed by atoms with Crippen LogP contribution < -0.4 is 4.90 Å². The third-order valence-corrected chi connectivity index (χ3v) is 5.21. The number of benzene rings is 2. The second-order valence-corrected chi connectivity index (χ2v) is 7.08. The van der Waals surface area contributed by atoms with Gasteiger partial charge in [0.25, 0.3) is 5.89 Å². The van der Waals surface area contributed by atoms with E-state index in [2.05, 4.69) is 16.3 Å². The summed E-state index contributed by atoms with van der Waals surface area (Å²) < 4.78 is 7.73. The molecular weight excluding hydrogens is 364 g/mol. The van der Waals surface area contributed by atoms with Crippen molar-refractivity contribution in [1.82, 2.24) is 14.8 Å². The van der Waals surface area contributed by atoms with Gasteiger partial charge in [0.05, 0.1) is 0 Å². The van der Waals surface area contributed by atoms with Crippen LogP contribution in [0.1, 0.15) is 12.0 Å². The molecule has 6 nitrogen and oxygen atoms in total. The number of hydrogen-bond donors (Lipinski definition) is 0. The summed E-state index contributed by atoms with van der Waals surface area (Å²) in [6.45, 7) is 0.963. The Morgan fingerprint density at radius 2 is 1.72 bits per heavy atom. The molecule has 144 valence electrons. The minimum absolute atomic E-state index is 0.0531. The highest BCUT2D eigenvalue weighted by Crippen LogP contribution is 2.28. The highest BCUT2D eigenvalue weighted by Gasteiger charge is 2.23. The molecule has 1 aliphatic rings. The van der Waals surface area contributed by atoms with Crippen molar-refractivity contribution in [2.75, 3.05) is 11.4 Å². The van der Waals surface area contributed by atoms with E-state index in [4.69, 9.17) is 4.42 Å². The molecule has 6 heteroatoms. The Kier molecular flexibility index (Phi) is 4.44. The van der Waals surface area contributed by atoms with E-state index in [1.165, 1.54) is 5.56 Å². The fourth-order valence-electron chi connectivity index (χ4n) is 3.79. The van der Waals surface area contributed by atoms with E-state index >= 15 is 0 Å². The lowest BCUT2D eigenvalue weighted by Gasteiger charge is -2.29. The van der Waals surface area contributed by atoms with Crippen LogP contribution >= 0.6 is 0 Å². The van der Waals surface area contributed by atoms with E-state index in [0.29, 0.717) is 11.8 Å². The van der Waals surface area contributed by atoms with E-state index in [9.17, 15) is 4.79 Å². The molecule has 0 saturated carbocycles. The molecule has 3 heterocycles. The molecule has 0 aliphatic carbocycles. The molecular formula is C23H20N4O2. The average Bonchev–Trinajstić information content (AvgIpc) is 3.43. The van der Waals surface area contributed by atoms with Gasteiger partial charge in [-0.3, -0.25) is 4.79 Å². The summed E-state index contributed by atoms with van der Waals surface area (Å²) in [5, 5.41) is 8.35. The standard InChI is InChI=1S/C23H20N4O2/c28-21(27-15-6-11-17-8-4-5-12-19(17)27)16-26-14-7-13-20(26)23-25-24-22(29-23)18-9-2-1-3-10-18/h1-5,7-10,12-14H,6,11,15-16H2. The molecule has 5 rings (SSSR count). The predicted molar refractivity (Wildman–Crippen MR) is 110 cm³/mol. The van der Waals surface area contributed by atoms with Gasteiger partial charge in [-0.2, -0.15) is 0 Å². The lowest BCUT2D eigenvalue weighted by Crippen LogP contribution is -2.37. The Hall–Kier alpha value is -3.67. The number of aryl methyl sites for hydroxylation is 1. The number of nitrogens with zero attached hydrogens (tertiary/aromatic N) is 4. The van der Waals surface area contributed by atoms with Crippen LogP contribution in [0.3, 0.4) is 0 Å². The maximum absolute atomic E-state index is 13.1. The molecule has 0 atom stereocenters. The van der Waals surface area contributed by atoms with Crippen LogP contribution in [0, 0.1) is 0 Å².